The maximum atomic E-state index is 13.5. The first-order valence-corrected chi connectivity index (χ1v) is 9.88. The number of benzene rings is 2. The predicted molar refractivity (Wildman–Crippen MR) is 111 cm³/mol. The first kappa shape index (κ1) is 19.3. The van der Waals surface area contributed by atoms with Crippen molar-refractivity contribution >= 4 is 23.3 Å². The summed E-state index contributed by atoms with van der Waals surface area (Å²) < 4.78 is 19.0. The molecule has 10 heteroatoms. The zero-order valence-electron chi connectivity index (χ0n) is 16.0. The molecule has 8 nitrogen and oxygen atoms in total. The lowest BCUT2D eigenvalue weighted by atomic mass is 10.0. The second kappa shape index (κ2) is 7.84. The fourth-order valence-corrected chi connectivity index (χ4v) is 3.64. The number of aromatic amines is 1. The maximum absolute atomic E-state index is 13.5. The Bertz CT molecular complexity index is 1240. The molecule has 3 heterocycles. The summed E-state index contributed by atoms with van der Waals surface area (Å²) in [4.78, 5) is 26.5. The number of aromatic nitrogens is 4. The molecule has 2 N–H and O–H groups in total. The molecular formula is C21H16ClFN6O2. The van der Waals surface area contributed by atoms with E-state index in [0.29, 0.717) is 23.0 Å². The average Bonchev–Trinajstić information content (AvgIpc) is 3.42. The van der Waals surface area contributed by atoms with Crippen molar-refractivity contribution in [2.75, 3.05) is 5.32 Å². The smallest absolute Gasteiger partial charge is 0.322 e. The van der Waals surface area contributed by atoms with Gasteiger partial charge in [0.05, 0.1) is 24.3 Å². The fraction of sp³-hybridized carbons (Fsp3) is 0.143. The summed E-state index contributed by atoms with van der Waals surface area (Å²) in [5.74, 6) is 0.242. The van der Waals surface area contributed by atoms with Gasteiger partial charge in [-0.1, -0.05) is 22.8 Å². The highest BCUT2D eigenvalue weighted by molar-refractivity contribution is 6.30. The molecule has 5 rings (SSSR count). The van der Waals surface area contributed by atoms with Gasteiger partial charge in [-0.15, -0.1) is 0 Å². The molecule has 0 fully saturated rings. The minimum Gasteiger partial charge on any atom is -0.347 e. The molecule has 1 unspecified atom stereocenters. The Labute approximate surface area is 181 Å². The van der Waals surface area contributed by atoms with Gasteiger partial charge in [0, 0.05) is 22.7 Å². The molecule has 4 aromatic rings. The van der Waals surface area contributed by atoms with Crippen molar-refractivity contribution in [2.24, 2.45) is 0 Å². The number of anilines is 1. The fourth-order valence-electron chi connectivity index (χ4n) is 3.52. The van der Waals surface area contributed by atoms with Crippen LogP contribution in [0.2, 0.25) is 5.02 Å². The summed E-state index contributed by atoms with van der Waals surface area (Å²) >= 11 is 5.94. The number of nitrogens with one attached hydrogen (secondary N) is 2. The number of imidazole rings is 1. The molecule has 0 bridgehead atoms. The molecule has 156 valence electrons. The van der Waals surface area contributed by atoms with E-state index in [-0.39, 0.29) is 12.4 Å². The lowest BCUT2D eigenvalue weighted by Crippen LogP contribution is -2.41. The number of hydrogen-bond donors (Lipinski definition) is 2. The topological polar surface area (TPSA) is 99.9 Å². The number of urea groups is 1. The Morgan fingerprint density at radius 1 is 1.26 bits per heavy atom. The first-order valence-electron chi connectivity index (χ1n) is 9.50. The molecule has 1 aliphatic heterocycles. The van der Waals surface area contributed by atoms with Crippen LogP contribution in [0.5, 0.6) is 0 Å². The van der Waals surface area contributed by atoms with Crippen LogP contribution in [0.1, 0.15) is 23.3 Å². The van der Waals surface area contributed by atoms with Crippen LogP contribution in [-0.2, 0) is 13.0 Å². The minimum atomic E-state index is -0.530. The normalized spacial score (nSPS) is 15.5. The summed E-state index contributed by atoms with van der Waals surface area (Å²) in [6, 6.07) is 11.8. The zero-order valence-corrected chi connectivity index (χ0v) is 16.8. The van der Waals surface area contributed by atoms with Crippen molar-refractivity contribution in [3.8, 4) is 11.4 Å². The van der Waals surface area contributed by atoms with Crippen molar-refractivity contribution in [1.29, 1.82) is 0 Å². The third-order valence-electron chi connectivity index (χ3n) is 5.06. The van der Waals surface area contributed by atoms with E-state index in [1.54, 1.807) is 41.6 Å². The van der Waals surface area contributed by atoms with E-state index in [1.165, 1.54) is 18.2 Å². The first-order chi connectivity index (χ1) is 15.1. The van der Waals surface area contributed by atoms with Crippen LogP contribution in [-0.4, -0.2) is 31.0 Å². The molecule has 0 saturated carbocycles. The molecule has 0 spiro atoms. The molecule has 0 aliphatic carbocycles. The van der Waals surface area contributed by atoms with Gasteiger partial charge < -0.3 is 19.7 Å². The quantitative estimate of drug-likeness (QED) is 0.487. The van der Waals surface area contributed by atoms with Gasteiger partial charge in [-0.3, -0.25) is 0 Å². The number of nitrogens with zero attached hydrogens (tertiary/aromatic N) is 4. The zero-order chi connectivity index (χ0) is 21.4. The predicted octanol–water partition coefficient (Wildman–Crippen LogP) is 4.58. The van der Waals surface area contributed by atoms with E-state index in [1.807, 2.05) is 0 Å². The largest absolute Gasteiger partial charge is 0.347 e. The van der Waals surface area contributed by atoms with Gasteiger partial charge in [-0.2, -0.15) is 4.98 Å². The molecule has 1 aliphatic rings. The highest BCUT2D eigenvalue weighted by Crippen LogP contribution is 2.32. The van der Waals surface area contributed by atoms with E-state index < -0.39 is 17.9 Å². The van der Waals surface area contributed by atoms with Crippen molar-refractivity contribution in [3.05, 3.63) is 83.0 Å². The minimum absolute atomic E-state index is 0.264. The van der Waals surface area contributed by atoms with E-state index in [0.717, 1.165) is 17.0 Å². The average molecular weight is 439 g/mol. The van der Waals surface area contributed by atoms with Crippen molar-refractivity contribution in [3.63, 3.8) is 0 Å². The second-order valence-corrected chi connectivity index (χ2v) is 7.52. The lowest BCUT2D eigenvalue weighted by Gasteiger charge is -2.32. The number of fused-ring (bicyclic) bond motifs is 1. The Morgan fingerprint density at radius 3 is 2.90 bits per heavy atom. The van der Waals surface area contributed by atoms with Gasteiger partial charge in [-0.05, 0) is 42.5 Å². The van der Waals surface area contributed by atoms with E-state index >= 15 is 0 Å². The third kappa shape index (κ3) is 3.87. The molecule has 31 heavy (non-hydrogen) atoms. The Morgan fingerprint density at radius 2 is 2.10 bits per heavy atom. The van der Waals surface area contributed by atoms with Gasteiger partial charge in [0.15, 0.2) is 0 Å². The van der Waals surface area contributed by atoms with E-state index in [4.69, 9.17) is 16.1 Å². The molecule has 2 amide bonds. The lowest BCUT2D eigenvalue weighted by molar-refractivity contribution is 0.155. The second-order valence-electron chi connectivity index (χ2n) is 7.08. The Hall–Kier alpha value is -3.72. The Kier molecular flexibility index (Phi) is 4.87. The molecule has 0 saturated heterocycles. The summed E-state index contributed by atoms with van der Waals surface area (Å²) in [5.41, 5.74) is 2.74. The number of amides is 2. The van der Waals surface area contributed by atoms with Gasteiger partial charge in [0.1, 0.15) is 11.9 Å². The van der Waals surface area contributed by atoms with Gasteiger partial charge in [0.2, 0.25) is 11.7 Å². The molecule has 1 atom stereocenters. The molecular weight excluding hydrogens is 423 g/mol. The van der Waals surface area contributed by atoms with E-state index in [9.17, 15) is 9.18 Å². The van der Waals surface area contributed by atoms with Crippen LogP contribution >= 0.6 is 11.6 Å². The van der Waals surface area contributed by atoms with Crippen LogP contribution in [0.3, 0.4) is 0 Å². The van der Waals surface area contributed by atoms with Crippen molar-refractivity contribution in [2.45, 2.75) is 19.0 Å². The van der Waals surface area contributed by atoms with Gasteiger partial charge in [0.25, 0.3) is 0 Å². The molecule has 0 radical (unpaired) electrons. The molecule has 2 aromatic carbocycles. The number of halogens is 2. The summed E-state index contributed by atoms with van der Waals surface area (Å²) in [6.45, 7) is 0.264. The summed E-state index contributed by atoms with van der Waals surface area (Å²) in [5, 5.41) is 7.39. The maximum Gasteiger partial charge on any atom is 0.322 e. The summed E-state index contributed by atoms with van der Waals surface area (Å²) in [7, 11) is 0. The van der Waals surface area contributed by atoms with Gasteiger partial charge in [-0.25, -0.2) is 14.2 Å². The standard InChI is InChI=1S/C21H16ClFN6O2/c22-13-6-4-12(5-7-13)19-27-20(31-28-19)18-9-16-17(25-11-24-16)10-29(18)21(30)26-15-3-1-2-14(23)8-15/h1-8,11,18H,9-10H2,(H,24,25)(H,26,30). The van der Waals surface area contributed by atoms with Gasteiger partial charge >= 0.3 is 6.03 Å². The Balaban J connectivity index is 1.45. The van der Waals surface area contributed by atoms with Crippen molar-refractivity contribution < 1.29 is 13.7 Å². The molecule has 2 aromatic heterocycles. The van der Waals surface area contributed by atoms with Crippen LogP contribution in [0, 0.1) is 5.82 Å². The van der Waals surface area contributed by atoms with Crippen LogP contribution < -0.4 is 5.32 Å². The van der Waals surface area contributed by atoms with E-state index in [2.05, 4.69) is 25.4 Å². The SMILES string of the molecule is O=C(Nc1cccc(F)c1)N1Cc2[nH]cnc2CC1c1nc(-c2ccc(Cl)cc2)no1. The van der Waals surface area contributed by atoms with Crippen LogP contribution in [0.25, 0.3) is 11.4 Å². The highest BCUT2D eigenvalue weighted by atomic mass is 35.5. The third-order valence-corrected chi connectivity index (χ3v) is 5.32. The number of rotatable bonds is 3. The summed E-state index contributed by atoms with van der Waals surface area (Å²) in [6.07, 6.45) is 1.99. The van der Waals surface area contributed by atoms with Crippen LogP contribution in [0.4, 0.5) is 14.9 Å². The number of carbonyl (C=O) groups excluding carboxylic acids is 1. The van der Waals surface area contributed by atoms with Crippen molar-refractivity contribution in [1.82, 2.24) is 25.0 Å². The monoisotopic (exact) mass is 438 g/mol. The number of hydrogen-bond acceptors (Lipinski definition) is 5. The highest BCUT2D eigenvalue weighted by Gasteiger charge is 2.36. The van der Waals surface area contributed by atoms with Crippen LogP contribution in [0.15, 0.2) is 59.4 Å². The number of carbonyl (C=O) groups is 1. The number of H-pyrrole nitrogens is 1.